The summed E-state index contributed by atoms with van der Waals surface area (Å²) < 4.78 is 23.0. The highest BCUT2D eigenvalue weighted by molar-refractivity contribution is 7.91. The minimum absolute atomic E-state index is 0.00832. The Morgan fingerprint density at radius 3 is 2.76 bits per heavy atom. The molecule has 2 rings (SSSR count). The van der Waals surface area contributed by atoms with Crippen LogP contribution in [0.1, 0.15) is 45.4 Å². The molecule has 0 spiro atoms. The molecule has 1 atom stereocenters. The van der Waals surface area contributed by atoms with Crippen molar-refractivity contribution in [2.75, 3.05) is 24.6 Å². The number of rotatable bonds is 4. The second-order valence-corrected chi connectivity index (χ2v) is 8.58. The van der Waals surface area contributed by atoms with Crippen LogP contribution in [-0.2, 0) is 19.4 Å². The Balaban J connectivity index is 1.81. The zero-order valence-corrected chi connectivity index (χ0v) is 13.4. The van der Waals surface area contributed by atoms with Gasteiger partial charge in [-0.3, -0.25) is 9.59 Å². The molecule has 1 unspecified atom stereocenters. The molecular formula is C14H24N2O4S. The molecule has 2 fully saturated rings. The van der Waals surface area contributed by atoms with Gasteiger partial charge in [-0.25, -0.2) is 8.42 Å². The van der Waals surface area contributed by atoms with E-state index in [9.17, 15) is 18.0 Å². The van der Waals surface area contributed by atoms with Crippen LogP contribution in [0.25, 0.3) is 0 Å². The van der Waals surface area contributed by atoms with E-state index >= 15 is 0 Å². The number of likely N-dealkylation sites (tertiary alicyclic amines) is 1. The highest BCUT2D eigenvalue weighted by Gasteiger charge is 2.39. The molecule has 2 amide bonds. The molecule has 21 heavy (non-hydrogen) atoms. The minimum atomic E-state index is -3.03. The summed E-state index contributed by atoms with van der Waals surface area (Å²) in [5.41, 5.74) is -0.654. The Hall–Kier alpha value is -1.11. The third kappa shape index (κ3) is 4.69. The van der Waals surface area contributed by atoms with E-state index in [1.54, 1.807) is 11.8 Å². The van der Waals surface area contributed by atoms with Crippen LogP contribution in [0.3, 0.4) is 0 Å². The first-order chi connectivity index (χ1) is 9.80. The van der Waals surface area contributed by atoms with Gasteiger partial charge in [0.05, 0.1) is 17.0 Å². The molecule has 0 bridgehead atoms. The van der Waals surface area contributed by atoms with Gasteiger partial charge in [-0.05, 0) is 26.2 Å². The van der Waals surface area contributed by atoms with Crippen LogP contribution in [0.2, 0.25) is 0 Å². The van der Waals surface area contributed by atoms with Gasteiger partial charge >= 0.3 is 0 Å². The van der Waals surface area contributed by atoms with Crippen molar-refractivity contribution in [2.24, 2.45) is 0 Å². The van der Waals surface area contributed by atoms with E-state index in [1.165, 1.54) is 0 Å². The molecule has 0 aliphatic carbocycles. The normalized spacial score (nSPS) is 29.2. The third-order valence-corrected chi connectivity index (χ3v) is 6.13. The van der Waals surface area contributed by atoms with Crippen molar-refractivity contribution in [2.45, 2.75) is 51.0 Å². The predicted molar refractivity (Wildman–Crippen MR) is 79.5 cm³/mol. The molecule has 2 saturated heterocycles. The van der Waals surface area contributed by atoms with Gasteiger partial charge in [0.15, 0.2) is 9.84 Å². The summed E-state index contributed by atoms with van der Waals surface area (Å²) in [5.74, 6) is 0.0876. The van der Waals surface area contributed by atoms with Gasteiger partial charge in [0.2, 0.25) is 11.8 Å². The first-order valence-corrected chi connectivity index (χ1v) is 9.41. The lowest BCUT2D eigenvalue weighted by atomic mass is 10.0. The van der Waals surface area contributed by atoms with E-state index in [2.05, 4.69) is 5.32 Å². The maximum absolute atomic E-state index is 12.0. The van der Waals surface area contributed by atoms with Crippen molar-refractivity contribution in [3.8, 4) is 0 Å². The Morgan fingerprint density at radius 2 is 2.10 bits per heavy atom. The average Bonchev–Trinajstić information content (AvgIpc) is 2.55. The summed E-state index contributed by atoms with van der Waals surface area (Å²) >= 11 is 0. The number of hydrogen-bond donors (Lipinski definition) is 1. The summed E-state index contributed by atoms with van der Waals surface area (Å²) in [7, 11) is -3.03. The molecule has 120 valence electrons. The molecule has 0 aromatic carbocycles. The van der Waals surface area contributed by atoms with E-state index in [1.807, 2.05) is 0 Å². The van der Waals surface area contributed by atoms with E-state index in [0.717, 1.165) is 25.8 Å². The van der Waals surface area contributed by atoms with Crippen molar-refractivity contribution in [3.63, 3.8) is 0 Å². The van der Waals surface area contributed by atoms with E-state index in [-0.39, 0.29) is 29.7 Å². The predicted octanol–water partition coefficient (Wildman–Crippen LogP) is 0.473. The zero-order valence-electron chi connectivity index (χ0n) is 12.6. The number of amides is 2. The highest BCUT2D eigenvalue weighted by atomic mass is 32.2. The first kappa shape index (κ1) is 16.3. The number of nitrogens with one attached hydrogen (secondary N) is 1. The lowest BCUT2D eigenvalue weighted by Crippen LogP contribution is -2.47. The fourth-order valence-electron chi connectivity index (χ4n) is 3.02. The summed E-state index contributed by atoms with van der Waals surface area (Å²) in [4.78, 5) is 25.6. The van der Waals surface area contributed by atoms with Gasteiger partial charge in [0, 0.05) is 25.9 Å². The van der Waals surface area contributed by atoms with Crippen LogP contribution in [0.4, 0.5) is 0 Å². The van der Waals surface area contributed by atoms with Gasteiger partial charge < -0.3 is 10.2 Å². The molecule has 7 heteroatoms. The number of carbonyl (C=O) groups is 2. The van der Waals surface area contributed by atoms with Gasteiger partial charge in [-0.2, -0.15) is 0 Å². The molecule has 0 radical (unpaired) electrons. The monoisotopic (exact) mass is 316 g/mol. The standard InChI is InChI=1S/C14H24N2O4S/c1-14(7-10-21(19,20)11-14)15-12(17)6-9-16-8-4-2-3-5-13(16)18/h2-11H2,1H3,(H,15,17). The number of hydrogen-bond acceptors (Lipinski definition) is 4. The Kier molecular flexibility index (Phi) is 4.91. The van der Waals surface area contributed by atoms with Crippen LogP contribution in [0, 0.1) is 0 Å². The van der Waals surface area contributed by atoms with Crippen LogP contribution in [0.5, 0.6) is 0 Å². The van der Waals surface area contributed by atoms with Gasteiger partial charge in [-0.15, -0.1) is 0 Å². The number of nitrogens with zero attached hydrogens (tertiary/aromatic N) is 1. The first-order valence-electron chi connectivity index (χ1n) is 7.59. The Bertz CT molecular complexity index is 517. The van der Waals surface area contributed by atoms with Gasteiger partial charge in [0.25, 0.3) is 0 Å². The third-order valence-electron chi connectivity index (χ3n) is 4.22. The summed E-state index contributed by atoms with van der Waals surface area (Å²) in [5, 5.41) is 2.82. The molecule has 0 saturated carbocycles. The number of sulfone groups is 1. The Morgan fingerprint density at radius 1 is 1.33 bits per heavy atom. The highest BCUT2D eigenvalue weighted by Crippen LogP contribution is 2.22. The lowest BCUT2D eigenvalue weighted by molar-refractivity contribution is -0.131. The average molecular weight is 316 g/mol. The minimum Gasteiger partial charge on any atom is -0.350 e. The fraction of sp³-hybridized carbons (Fsp3) is 0.857. The van der Waals surface area contributed by atoms with Crippen molar-refractivity contribution in [1.82, 2.24) is 10.2 Å². The van der Waals surface area contributed by atoms with E-state index in [0.29, 0.717) is 19.4 Å². The molecule has 6 nitrogen and oxygen atoms in total. The lowest BCUT2D eigenvalue weighted by Gasteiger charge is -2.25. The molecule has 0 aromatic rings. The van der Waals surface area contributed by atoms with Crippen LogP contribution in [0.15, 0.2) is 0 Å². The van der Waals surface area contributed by atoms with Crippen molar-refractivity contribution >= 4 is 21.7 Å². The maximum Gasteiger partial charge on any atom is 0.222 e. The fourth-order valence-corrected chi connectivity index (χ4v) is 5.11. The van der Waals surface area contributed by atoms with Gasteiger partial charge in [0.1, 0.15) is 0 Å². The van der Waals surface area contributed by atoms with Crippen LogP contribution < -0.4 is 5.32 Å². The summed E-state index contributed by atoms with van der Waals surface area (Å²) in [6.45, 7) is 2.91. The maximum atomic E-state index is 12.0. The smallest absolute Gasteiger partial charge is 0.222 e. The molecule has 2 aliphatic heterocycles. The van der Waals surface area contributed by atoms with Crippen molar-refractivity contribution in [3.05, 3.63) is 0 Å². The quantitative estimate of drug-likeness (QED) is 0.817. The van der Waals surface area contributed by atoms with Crippen molar-refractivity contribution < 1.29 is 18.0 Å². The van der Waals surface area contributed by atoms with E-state index < -0.39 is 15.4 Å². The van der Waals surface area contributed by atoms with Crippen LogP contribution >= 0.6 is 0 Å². The Labute approximate surface area is 126 Å². The number of carbonyl (C=O) groups excluding carboxylic acids is 2. The largest absolute Gasteiger partial charge is 0.350 e. The van der Waals surface area contributed by atoms with Gasteiger partial charge in [-0.1, -0.05) is 6.42 Å². The molecule has 2 aliphatic rings. The topological polar surface area (TPSA) is 83.6 Å². The molecule has 0 aromatic heterocycles. The molecule has 1 N–H and O–H groups in total. The molecule has 2 heterocycles. The molecular weight excluding hydrogens is 292 g/mol. The van der Waals surface area contributed by atoms with Crippen LogP contribution in [-0.4, -0.2) is 55.3 Å². The van der Waals surface area contributed by atoms with Crippen molar-refractivity contribution in [1.29, 1.82) is 0 Å². The summed E-state index contributed by atoms with van der Waals surface area (Å²) in [6.07, 6.45) is 4.24. The van der Waals surface area contributed by atoms with E-state index in [4.69, 9.17) is 0 Å². The SMILES string of the molecule is CC1(NC(=O)CCN2CCCCCC2=O)CCS(=O)(=O)C1. The second-order valence-electron chi connectivity index (χ2n) is 6.39. The zero-order chi connectivity index (χ0) is 15.5. The summed E-state index contributed by atoms with van der Waals surface area (Å²) in [6, 6.07) is 0. The second kappa shape index (κ2) is 6.34.